The monoisotopic (exact) mass is 307 g/mol. The first-order valence-electron chi connectivity index (χ1n) is 6.74. The van der Waals surface area contributed by atoms with Crippen molar-refractivity contribution in [1.29, 1.82) is 0 Å². The first-order chi connectivity index (χ1) is 10.4. The van der Waals surface area contributed by atoms with Gasteiger partial charge in [-0.3, -0.25) is 10.1 Å². The fourth-order valence-electron chi connectivity index (χ4n) is 1.62. The number of hydrogen-bond donors (Lipinski definition) is 2. The van der Waals surface area contributed by atoms with Crippen molar-refractivity contribution in [2.24, 2.45) is 5.73 Å². The van der Waals surface area contributed by atoms with Gasteiger partial charge in [0.05, 0.1) is 12.1 Å². The Morgan fingerprint density at radius 1 is 1.45 bits per heavy atom. The van der Waals surface area contributed by atoms with Crippen LogP contribution in [-0.4, -0.2) is 16.6 Å². The van der Waals surface area contributed by atoms with Gasteiger partial charge in [-0.2, -0.15) is 0 Å². The molecule has 118 valence electrons. The lowest BCUT2D eigenvalue weighted by Gasteiger charge is -2.21. The molecule has 3 N–H and O–H groups in total. The standard InChI is InChI=1S/C15H18FN3O3/c1-15(2,14(17)20)18-8-12-7-13(19-22-12)21-9-10-4-3-5-11(16)6-10/h3-7,18H,8-9H2,1-2H3,(H2,17,20). The average molecular weight is 307 g/mol. The van der Waals surface area contributed by atoms with Gasteiger partial charge in [-0.05, 0) is 36.7 Å². The van der Waals surface area contributed by atoms with E-state index < -0.39 is 11.4 Å². The molecule has 0 saturated heterocycles. The fourth-order valence-corrected chi connectivity index (χ4v) is 1.62. The topological polar surface area (TPSA) is 90.4 Å². The molecule has 0 atom stereocenters. The van der Waals surface area contributed by atoms with Gasteiger partial charge in [0.15, 0.2) is 5.76 Å². The van der Waals surface area contributed by atoms with Crippen LogP contribution < -0.4 is 15.8 Å². The number of nitrogens with two attached hydrogens (primary N) is 1. The highest BCUT2D eigenvalue weighted by molar-refractivity contribution is 5.83. The van der Waals surface area contributed by atoms with Gasteiger partial charge in [-0.1, -0.05) is 12.1 Å². The highest BCUT2D eigenvalue weighted by Crippen LogP contribution is 2.15. The summed E-state index contributed by atoms with van der Waals surface area (Å²) in [6, 6.07) is 7.71. The van der Waals surface area contributed by atoms with Crippen LogP contribution >= 0.6 is 0 Å². The van der Waals surface area contributed by atoms with Crippen LogP contribution in [0, 0.1) is 5.82 Å². The molecular formula is C15H18FN3O3. The fraction of sp³-hybridized carbons (Fsp3) is 0.333. The summed E-state index contributed by atoms with van der Waals surface area (Å²) in [6.07, 6.45) is 0. The van der Waals surface area contributed by atoms with Crippen molar-refractivity contribution in [2.45, 2.75) is 32.5 Å². The third-order valence-corrected chi connectivity index (χ3v) is 3.13. The highest BCUT2D eigenvalue weighted by Gasteiger charge is 2.24. The number of hydrogen-bond acceptors (Lipinski definition) is 5. The quantitative estimate of drug-likeness (QED) is 0.813. The Kier molecular flexibility index (Phi) is 4.77. The summed E-state index contributed by atoms with van der Waals surface area (Å²) in [5, 5.41) is 6.71. The number of nitrogens with zero attached hydrogens (tertiary/aromatic N) is 1. The zero-order valence-electron chi connectivity index (χ0n) is 12.4. The third kappa shape index (κ3) is 4.29. The molecule has 0 saturated carbocycles. The summed E-state index contributed by atoms with van der Waals surface area (Å²) in [5.74, 6) is 0.0101. The number of aromatic nitrogens is 1. The molecule has 0 bridgehead atoms. The molecule has 0 radical (unpaired) electrons. The maximum absolute atomic E-state index is 13.0. The van der Waals surface area contributed by atoms with Gasteiger partial charge < -0.3 is 15.0 Å². The van der Waals surface area contributed by atoms with Crippen LogP contribution in [0.4, 0.5) is 4.39 Å². The number of halogens is 1. The number of benzene rings is 1. The van der Waals surface area contributed by atoms with Gasteiger partial charge in [-0.15, -0.1) is 0 Å². The summed E-state index contributed by atoms with van der Waals surface area (Å²) in [7, 11) is 0. The smallest absolute Gasteiger partial charge is 0.254 e. The molecule has 0 spiro atoms. The Labute approximate surface area is 127 Å². The summed E-state index contributed by atoms with van der Waals surface area (Å²) in [4.78, 5) is 11.2. The van der Waals surface area contributed by atoms with Crippen molar-refractivity contribution in [3.63, 3.8) is 0 Å². The summed E-state index contributed by atoms with van der Waals surface area (Å²) < 4.78 is 23.5. The molecular weight excluding hydrogens is 289 g/mol. The second-order valence-electron chi connectivity index (χ2n) is 5.39. The lowest BCUT2D eigenvalue weighted by atomic mass is 10.1. The Morgan fingerprint density at radius 3 is 2.91 bits per heavy atom. The SMILES string of the molecule is CC(C)(NCc1cc(OCc2cccc(F)c2)no1)C(N)=O. The van der Waals surface area contributed by atoms with E-state index in [4.69, 9.17) is 15.0 Å². The summed E-state index contributed by atoms with van der Waals surface area (Å²) in [5.41, 5.74) is 5.10. The van der Waals surface area contributed by atoms with E-state index in [0.717, 1.165) is 0 Å². The first-order valence-corrected chi connectivity index (χ1v) is 6.74. The number of primary amides is 1. The Bertz CT molecular complexity index is 655. The Hall–Kier alpha value is -2.41. The molecule has 0 aliphatic carbocycles. The molecule has 0 aliphatic rings. The second kappa shape index (κ2) is 6.57. The van der Waals surface area contributed by atoms with Crippen LogP contribution in [0.25, 0.3) is 0 Å². The van der Waals surface area contributed by atoms with E-state index in [1.165, 1.54) is 12.1 Å². The number of nitrogens with one attached hydrogen (secondary N) is 1. The van der Waals surface area contributed by atoms with Gasteiger partial charge in [0.1, 0.15) is 12.4 Å². The van der Waals surface area contributed by atoms with Crippen LogP contribution in [-0.2, 0) is 17.9 Å². The maximum Gasteiger partial charge on any atom is 0.254 e. The lowest BCUT2D eigenvalue weighted by Crippen LogP contribution is -2.50. The number of ether oxygens (including phenoxy) is 1. The van der Waals surface area contributed by atoms with Crippen LogP contribution in [0.5, 0.6) is 5.88 Å². The predicted molar refractivity (Wildman–Crippen MR) is 77.3 cm³/mol. The molecule has 7 heteroatoms. The van der Waals surface area contributed by atoms with Crippen LogP contribution in [0.1, 0.15) is 25.2 Å². The van der Waals surface area contributed by atoms with Gasteiger partial charge in [-0.25, -0.2) is 4.39 Å². The molecule has 1 heterocycles. The van der Waals surface area contributed by atoms with E-state index in [2.05, 4.69) is 10.5 Å². The minimum Gasteiger partial charge on any atom is -0.471 e. The molecule has 22 heavy (non-hydrogen) atoms. The van der Waals surface area contributed by atoms with Crippen LogP contribution in [0.3, 0.4) is 0 Å². The normalized spacial score (nSPS) is 11.4. The van der Waals surface area contributed by atoms with Crippen molar-refractivity contribution in [3.8, 4) is 5.88 Å². The minimum absolute atomic E-state index is 0.184. The molecule has 1 aromatic carbocycles. The van der Waals surface area contributed by atoms with E-state index >= 15 is 0 Å². The van der Waals surface area contributed by atoms with E-state index in [0.29, 0.717) is 11.3 Å². The van der Waals surface area contributed by atoms with E-state index in [1.807, 2.05) is 0 Å². The molecule has 0 unspecified atom stereocenters. The number of carbonyl (C=O) groups excluding carboxylic acids is 1. The largest absolute Gasteiger partial charge is 0.471 e. The van der Waals surface area contributed by atoms with Crippen molar-refractivity contribution >= 4 is 5.91 Å². The Morgan fingerprint density at radius 2 is 2.23 bits per heavy atom. The first kappa shape index (κ1) is 16.0. The Balaban J connectivity index is 1.88. The minimum atomic E-state index is -0.852. The zero-order chi connectivity index (χ0) is 16.2. The van der Waals surface area contributed by atoms with Crippen molar-refractivity contribution in [2.75, 3.05) is 0 Å². The average Bonchev–Trinajstić information content (AvgIpc) is 2.91. The number of carbonyl (C=O) groups is 1. The highest BCUT2D eigenvalue weighted by atomic mass is 19.1. The molecule has 6 nitrogen and oxygen atoms in total. The molecule has 2 aromatic rings. The molecule has 1 amide bonds. The lowest BCUT2D eigenvalue weighted by molar-refractivity contribution is -0.123. The van der Waals surface area contributed by atoms with Crippen molar-refractivity contribution in [1.82, 2.24) is 10.5 Å². The van der Waals surface area contributed by atoms with Gasteiger partial charge in [0, 0.05) is 6.07 Å². The predicted octanol–water partition coefficient (Wildman–Crippen LogP) is 1.75. The van der Waals surface area contributed by atoms with Crippen LogP contribution in [0.15, 0.2) is 34.9 Å². The number of amides is 1. The molecule has 0 fully saturated rings. The third-order valence-electron chi connectivity index (χ3n) is 3.13. The van der Waals surface area contributed by atoms with Crippen molar-refractivity contribution < 1.29 is 18.4 Å². The zero-order valence-corrected chi connectivity index (χ0v) is 12.4. The number of rotatable bonds is 7. The molecule has 1 aromatic heterocycles. The van der Waals surface area contributed by atoms with Gasteiger partial charge >= 0.3 is 0 Å². The van der Waals surface area contributed by atoms with Gasteiger partial charge in [0.2, 0.25) is 5.91 Å². The summed E-state index contributed by atoms with van der Waals surface area (Å²) in [6.45, 7) is 3.82. The summed E-state index contributed by atoms with van der Waals surface area (Å²) >= 11 is 0. The van der Waals surface area contributed by atoms with E-state index in [-0.39, 0.29) is 24.8 Å². The van der Waals surface area contributed by atoms with E-state index in [9.17, 15) is 9.18 Å². The van der Waals surface area contributed by atoms with Crippen molar-refractivity contribution in [3.05, 3.63) is 47.5 Å². The molecule has 0 aliphatic heterocycles. The molecule has 2 rings (SSSR count). The second-order valence-corrected chi connectivity index (χ2v) is 5.39. The van der Waals surface area contributed by atoms with Crippen LogP contribution in [0.2, 0.25) is 0 Å². The van der Waals surface area contributed by atoms with E-state index in [1.54, 1.807) is 32.0 Å². The van der Waals surface area contributed by atoms with Gasteiger partial charge in [0.25, 0.3) is 5.88 Å². The maximum atomic E-state index is 13.0.